The average molecular weight is 472 g/mol. The summed E-state index contributed by atoms with van der Waals surface area (Å²) in [4.78, 5) is 13.3. The van der Waals surface area contributed by atoms with E-state index in [1.54, 1.807) is 43.0 Å². The average Bonchev–Trinajstić information content (AvgIpc) is 2.86. The SMILES string of the molecule is Cc1c(-c2cccnc2)nc2ccc(C(O)(c3cccnc3)c3cccc(Cl)c3)cc2c1Cl. The van der Waals surface area contributed by atoms with Crippen molar-refractivity contribution >= 4 is 34.1 Å². The Kier molecular flexibility index (Phi) is 5.59. The summed E-state index contributed by atoms with van der Waals surface area (Å²) < 4.78 is 0. The van der Waals surface area contributed by atoms with Crippen LogP contribution in [0.3, 0.4) is 0 Å². The van der Waals surface area contributed by atoms with Gasteiger partial charge in [0, 0.05) is 46.3 Å². The number of nitrogens with zero attached hydrogens (tertiary/aromatic N) is 3. The number of fused-ring (bicyclic) bond motifs is 1. The van der Waals surface area contributed by atoms with Crippen molar-refractivity contribution in [2.75, 3.05) is 0 Å². The molecule has 0 saturated carbocycles. The summed E-state index contributed by atoms with van der Waals surface area (Å²) in [6.07, 6.45) is 6.82. The van der Waals surface area contributed by atoms with Gasteiger partial charge in [0.1, 0.15) is 5.60 Å². The predicted octanol–water partition coefficient (Wildman–Crippen LogP) is 6.59. The third-order valence-corrected chi connectivity index (χ3v) is 6.55. The second-order valence-corrected chi connectivity index (χ2v) is 8.65. The molecule has 2 aromatic carbocycles. The van der Waals surface area contributed by atoms with E-state index < -0.39 is 5.60 Å². The van der Waals surface area contributed by atoms with Gasteiger partial charge in [-0.2, -0.15) is 0 Å². The van der Waals surface area contributed by atoms with Gasteiger partial charge in [-0.05, 0) is 66.1 Å². The van der Waals surface area contributed by atoms with Crippen molar-refractivity contribution in [1.82, 2.24) is 15.0 Å². The smallest absolute Gasteiger partial charge is 0.142 e. The molecule has 0 saturated heterocycles. The Morgan fingerprint density at radius 2 is 1.52 bits per heavy atom. The fourth-order valence-electron chi connectivity index (χ4n) is 4.12. The molecule has 162 valence electrons. The number of hydrogen-bond acceptors (Lipinski definition) is 4. The van der Waals surface area contributed by atoms with Crippen LogP contribution in [0.4, 0.5) is 0 Å². The van der Waals surface area contributed by atoms with Gasteiger partial charge in [-0.15, -0.1) is 0 Å². The molecule has 0 spiro atoms. The van der Waals surface area contributed by atoms with Gasteiger partial charge in [0.25, 0.3) is 0 Å². The van der Waals surface area contributed by atoms with Gasteiger partial charge in [0.15, 0.2) is 0 Å². The molecule has 3 heterocycles. The Morgan fingerprint density at radius 1 is 0.788 bits per heavy atom. The van der Waals surface area contributed by atoms with Gasteiger partial charge in [0.05, 0.1) is 16.2 Å². The van der Waals surface area contributed by atoms with E-state index in [0.717, 1.165) is 27.7 Å². The zero-order valence-electron chi connectivity index (χ0n) is 17.7. The van der Waals surface area contributed by atoms with Crippen molar-refractivity contribution in [3.05, 3.63) is 124 Å². The first-order valence-electron chi connectivity index (χ1n) is 10.4. The Bertz CT molecular complexity index is 1460. The summed E-state index contributed by atoms with van der Waals surface area (Å²) >= 11 is 13.1. The molecule has 33 heavy (non-hydrogen) atoms. The van der Waals surface area contributed by atoms with E-state index in [4.69, 9.17) is 28.2 Å². The number of hydrogen-bond donors (Lipinski definition) is 1. The van der Waals surface area contributed by atoms with E-state index in [9.17, 15) is 5.11 Å². The highest BCUT2D eigenvalue weighted by atomic mass is 35.5. The van der Waals surface area contributed by atoms with Crippen molar-refractivity contribution < 1.29 is 5.11 Å². The lowest BCUT2D eigenvalue weighted by Gasteiger charge is -2.30. The Morgan fingerprint density at radius 3 is 2.21 bits per heavy atom. The van der Waals surface area contributed by atoms with Crippen LogP contribution in [-0.4, -0.2) is 20.1 Å². The first-order valence-corrected chi connectivity index (χ1v) is 11.1. The molecule has 0 fully saturated rings. The second-order valence-electron chi connectivity index (χ2n) is 7.84. The van der Waals surface area contributed by atoms with Gasteiger partial charge < -0.3 is 5.11 Å². The second kappa shape index (κ2) is 8.56. The zero-order valence-corrected chi connectivity index (χ0v) is 19.2. The molecule has 5 aromatic rings. The third kappa shape index (κ3) is 3.76. The highest BCUT2D eigenvalue weighted by Gasteiger charge is 2.35. The fraction of sp³-hybridized carbons (Fsp3) is 0.0741. The first kappa shape index (κ1) is 21.5. The quantitative estimate of drug-likeness (QED) is 0.321. The summed E-state index contributed by atoms with van der Waals surface area (Å²) in [5, 5.41) is 14.0. The van der Waals surface area contributed by atoms with Crippen LogP contribution in [0, 0.1) is 6.92 Å². The third-order valence-electron chi connectivity index (χ3n) is 5.82. The summed E-state index contributed by atoms with van der Waals surface area (Å²) in [5.41, 5.74) is 3.68. The molecule has 0 aliphatic heterocycles. The van der Waals surface area contributed by atoms with Gasteiger partial charge >= 0.3 is 0 Å². The van der Waals surface area contributed by atoms with Crippen LogP contribution in [0.15, 0.2) is 91.5 Å². The maximum absolute atomic E-state index is 12.1. The number of halogens is 2. The van der Waals surface area contributed by atoms with E-state index in [0.29, 0.717) is 26.7 Å². The van der Waals surface area contributed by atoms with E-state index in [-0.39, 0.29) is 0 Å². The minimum absolute atomic E-state index is 0.535. The molecule has 0 aliphatic carbocycles. The normalized spacial score (nSPS) is 13.1. The van der Waals surface area contributed by atoms with Crippen molar-refractivity contribution in [1.29, 1.82) is 0 Å². The lowest BCUT2D eigenvalue weighted by molar-refractivity contribution is 0.125. The molecule has 3 aromatic heterocycles. The molecule has 4 nitrogen and oxygen atoms in total. The Labute approximate surface area is 201 Å². The fourth-order valence-corrected chi connectivity index (χ4v) is 4.55. The standard InChI is InChI=1S/C27H19Cl2N3O/c1-17-25(29)23-14-20(9-10-24(23)32-26(17)18-5-3-11-30-15-18)27(33,21-7-4-12-31-16-21)19-6-2-8-22(28)13-19/h2-16,33H,1H3. The van der Waals surface area contributed by atoms with E-state index in [2.05, 4.69) is 9.97 Å². The topological polar surface area (TPSA) is 58.9 Å². The van der Waals surface area contributed by atoms with Crippen LogP contribution in [0.25, 0.3) is 22.2 Å². The maximum atomic E-state index is 12.1. The molecule has 0 radical (unpaired) electrons. The molecule has 1 atom stereocenters. The number of benzene rings is 2. The number of rotatable bonds is 4. The molecule has 0 aliphatic rings. The van der Waals surface area contributed by atoms with Gasteiger partial charge in [-0.3, -0.25) is 9.97 Å². The minimum Gasteiger partial charge on any atom is -0.376 e. The van der Waals surface area contributed by atoms with Crippen LogP contribution in [0.1, 0.15) is 22.3 Å². The molecule has 5 rings (SSSR count). The highest BCUT2D eigenvalue weighted by molar-refractivity contribution is 6.36. The summed E-state index contributed by atoms with van der Waals surface area (Å²) in [6, 6.07) is 20.3. The highest BCUT2D eigenvalue weighted by Crippen LogP contribution is 2.40. The predicted molar refractivity (Wildman–Crippen MR) is 133 cm³/mol. The Hall–Kier alpha value is -3.31. The van der Waals surface area contributed by atoms with Crippen LogP contribution >= 0.6 is 23.2 Å². The lowest BCUT2D eigenvalue weighted by atomic mass is 9.80. The first-order chi connectivity index (χ1) is 16.0. The van der Waals surface area contributed by atoms with Crippen LogP contribution in [0.2, 0.25) is 10.0 Å². The molecule has 6 heteroatoms. The summed E-state index contributed by atoms with van der Waals surface area (Å²) in [5.74, 6) is 0. The van der Waals surface area contributed by atoms with E-state index >= 15 is 0 Å². The van der Waals surface area contributed by atoms with Crippen LogP contribution < -0.4 is 0 Å². The largest absolute Gasteiger partial charge is 0.376 e. The number of aromatic nitrogens is 3. The number of aliphatic hydroxyl groups is 1. The maximum Gasteiger partial charge on any atom is 0.142 e. The molecular weight excluding hydrogens is 453 g/mol. The zero-order chi connectivity index (χ0) is 23.0. The van der Waals surface area contributed by atoms with Gasteiger partial charge in [-0.25, -0.2) is 4.98 Å². The number of pyridine rings is 3. The van der Waals surface area contributed by atoms with E-state index in [1.807, 2.05) is 55.5 Å². The Balaban J connectivity index is 1.75. The van der Waals surface area contributed by atoms with Crippen molar-refractivity contribution in [2.24, 2.45) is 0 Å². The summed E-state index contributed by atoms with van der Waals surface area (Å²) in [6.45, 7) is 1.94. The lowest BCUT2D eigenvalue weighted by Crippen LogP contribution is -2.29. The van der Waals surface area contributed by atoms with Crippen molar-refractivity contribution in [3.63, 3.8) is 0 Å². The van der Waals surface area contributed by atoms with Crippen LogP contribution in [0.5, 0.6) is 0 Å². The van der Waals surface area contributed by atoms with Crippen LogP contribution in [-0.2, 0) is 5.60 Å². The minimum atomic E-state index is -1.48. The van der Waals surface area contributed by atoms with E-state index in [1.165, 1.54) is 0 Å². The molecule has 1 unspecified atom stereocenters. The summed E-state index contributed by atoms with van der Waals surface area (Å²) in [7, 11) is 0. The molecule has 1 N–H and O–H groups in total. The van der Waals surface area contributed by atoms with Crippen molar-refractivity contribution in [3.8, 4) is 11.3 Å². The van der Waals surface area contributed by atoms with Gasteiger partial charge in [0.2, 0.25) is 0 Å². The molecule has 0 amide bonds. The van der Waals surface area contributed by atoms with Gasteiger partial charge in [-0.1, -0.05) is 47.5 Å². The molecular formula is C27H19Cl2N3O. The molecule has 0 bridgehead atoms. The van der Waals surface area contributed by atoms with Crippen molar-refractivity contribution in [2.45, 2.75) is 12.5 Å². The monoisotopic (exact) mass is 471 g/mol.